The Kier molecular flexibility index (Phi) is 6.16. The Balaban J connectivity index is 1.57. The molecule has 32 heavy (non-hydrogen) atoms. The van der Waals surface area contributed by atoms with Crippen molar-refractivity contribution in [3.05, 3.63) is 41.6 Å². The monoisotopic (exact) mass is 437 g/mol. The SMILES string of the molecule is CCCCOC(=O)CNC(=O)c1ccc2c(ccc3onc([C@@H]4CCC(=O)NC4=O)c32)c1. The molecule has 0 unspecified atom stereocenters. The normalized spacial score (nSPS) is 16.2. The van der Waals surface area contributed by atoms with Crippen LogP contribution in [0.4, 0.5) is 0 Å². The van der Waals surface area contributed by atoms with Crippen molar-refractivity contribution in [2.75, 3.05) is 13.2 Å². The van der Waals surface area contributed by atoms with Gasteiger partial charge in [-0.25, -0.2) is 0 Å². The van der Waals surface area contributed by atoms with Gasteiger partial charge >= 0.3 is 5.97 Å². The molecule has 9 nitrogen and oxygen atoms in total. The summed E-state index contributed by atoms with van der Waals surface area (Å²) in [4.78, 5) is 48.0. The summed E-state index contributed by atoms with van der Waals surface area (Å²) in [5, 5.41) is 11.2. The van der Waals surface area contributed by atoms with E-state index < -0.39 is 23.7 Å². The number of nitrogens with zero attached hydrogens (tertiary/aromatic N) is 1. The third-order valence-electron chi connectivity index (χ3n) is 5.47. The predicted molar refractivity (Wildman–Crippen MR) is 115 cm³/mol. The van der Waals surface area contributed by atoms with Crippen LogP contribution in [0.5, 0.6) is 0 Å². The molecule has 2 N–H and O–H groups in total. The molecule has 3 aromatic rings. The van der Waals surface area contributed by atoms with Gasteiger partial charge in [0.1, 0.15) is 12.2 Å². The summed E-state index contributed by atoms with van der Waals surface area (Å²) < 4.78 is 10.5. The first-order valence-electron chi connectivity index (χ1n) is 10.6. The number of carbonyl (C=O) groups excluding carboxylic acids is 4. The highest BCUT2D eigenvalue weighted by molar-refractivity contribution is 6.11. The zero-order valence-electron chi connectivity index (χ0n) is 17.6. The van der Waals surface area contributed by atoms with Crippen molar-refractivity contribution >= 4 is 45.4 Å². The molecule has 1 aliphatic rings. The minimum Gasteiger partial charge on any atom is -0.464 e. The average Bonchev–Trinajstić information content (AvgIpc) is 3.21. The van der Waals surface area contributed by atoms with E-state index in [-0.39, 0.29) is 18.9 Å². The molecule has 0 saturated carbocycles. The number of aromatic nitrogens is 1. The lowest BCUT2D eigenvalue weighted by Gasteiger charge is -2.19. The molecule has 9 heteroatoms. The largest absolute Gasteiger partial charge is 0.464 e. The van der Waals surface area contributed by atoms with Crippen LogP contribution in [0, 0.1) is 0 Å². The van der Waals surface area contributed by atoms with Gasteiger partial charge in [-0.05, 0) is 41.8 Å². The summed E-state index contributed by atoms with van der Waals surface area (Å²) in [6.45, 7) is 2.13. The number of hydrogen-bond donors (Lipinski definition) is 2. The molecule has 2 heterocycles. The highest BCUT2D eigenvalue weighted by Gasteiger charge is 2.32. The van der Waals surface area contributed by atoms with Gasteiger partial charge in [0.2, 0.25) is 11.8 Å². The Morgan fingerprint density at radius 2 is 2.09 bits per heavy atom. The fourth-order valence-corrected chi connectivity index (χ4v) is 3.76. The van der Waals surface area contributed by atoms with Crippen molar-refractivity contribution in [3.63, 3.8) is 0 Å². The smallest absolute Gasteiger partial charge is 0.325 e. The standard InChI is InChI=1S/C23H23N3O6/c1-2-3-10-31-19(28)12-24-22(29)14-4-6-15-13(11-14)5-8-17-20(15)21(26-32-17)16-7-9-18(27)25-23(16)30/h4-6,8,11,16H,2-3,7,9-10,12H2,1H3,(H,24,29)(H,25,27,30)/t16-/m0/s1. The van der Waals surface area contributed by atoms with E-state index in [9.17, 15) is 19.2 Å². The van der Waals surface area contributed by atoms with Crippen LogP contribution in [0.25, 0.3) is 21.7 Å². The Bertz CT molecular complexity index is 1220. The molecule has 1 atom stereocenters. The van der Waals surface area contributed by atoms with E-state index in [1.807, 2.05) is 6.92 Å². The molecule has 1 fully saturated rings. The van der Waals surface area contributed by atoms with Crippen LogP contribution in [-0.2, 0) is 19.1 Å². The molecular weight excluding hydrogens is 414 g/mol. The maximum Gasteiger partial charge on any atom is 0.325 e. The van der Waals surface area contributed by atoms with Crippen molar-refractivity contribution in [2.24, 2.45) is 0 Å². The zero-order chi connectivity index (χ0) is 22.7. The fourth-order valence-electron chi connectivity index (χ4n) is 3.76. The number of fused-ring (bicyclic) bond motifs is 3. The number of unbranched alkanes of at least 4 members (excludes halogenated alkanes) is 1. The van der Waals surface area contributed by atoms with Crippen LogP contribution < -0.4 is 10.6 Å². The van der Waals surface area contributed by atoms with Gasteiger partial charge in [-0.1, -0.05) is 30.6 Å². The van der Waals surface area contributed by atoms with E-state index in [0.29, 0.717) is 35.3 Å². The topological polar surface area (TPSA) is 128 Å². The molecule has 3 amide bonds. The Hall–Kier alpha value is -3.75. The van der Waals surface area contributed by atoms with Gasteiger partial charge < -0.3 is 14.6 Å². The quantitative estimate of drug-likeness (QED) is 0.330. The summed E-state index contributed by atoms with van der Waals surface area (Å²) >= 11 is 0. The van der Waals surface area contributed by atoms with Crippen molar-refractivity contribution in [1.82, 2.24) is 15.8 Å². The maximum atomic E-state index is 12.5. The Labute approximate surface area is 183 Å². The molecule has 4 rings (SSSR count). The van der Waals surface area contributed by atoms with Crippen molar-refractivity contribution in [2.45, 2.75) is 38.5 Å². The second kappa shape index (κ2) is 9.17. The summed E-state index contributed by atoms with van der Waals surface area (Å²) in [6.07, 6.45) is 2.29. The highest BCUT2D eigenvalue weighted by atomic mass is 16.5. The number of nitrogens with one attached hydrogen (secondary N) is 2. The van der Waals surface area contributed by atoms with E-state index >= 15 is 0 Å². The molecule has 1 saturated heterocycles. The van der Waals surface area contributed by atoms with Crippen LogP contribution in [0.2, 0.25) is 0 Å². The lowest BCUT2D eigenvalue weighted by atomic mass is 9.91. The Morgan fingerprint density at radius 1 is 1.25 bits per heavy atom. The van der Waals surface area contributed by atoms with Gasteiger partial charge in [0, 0.05) is 12.0 Å². The predicted octanol–water partition coefficient (Wildman–Crippen LogP) is 2.57. The van der Waals surface area contributed by atoms with Crippen LogP contribution in [-0.4, -0.2) is 42.0 Å². The molecule has 0 radical (unpaired) electrons. The number of amides is 3. The lowest BCUT2D eigenvalue weighted by Crippen LogP contribution is -2.39. The molecule has 166 valence electrons. The van der Waals surface area contributed by atoms with Gasteiger partial charge in [-0.3, -0.25) is 24.5 Å². The summed E-state index contributed by atoms with van der Waals surface area (Å²) in [5.41, 5.74) is 1.38. The third kappa shape index (κ3) is 4.32. The van der Waals surface area contributed by atoms with E-state index in [4.69, 9.17) is 9.26 Å². The van der Waals surface area contributed by atoms with E-state index in [2.05, 4.69) is 15.8 Å². The van der Waals surface area contributed by atoms with Crippen molar-refractivity contribution in [3.8, 4) is 0 Å². The number of carbonyl (C=O) groups is 4. The van der Waals surface area contributed by atoms with E-state index in [1.54, 1.807) is 30.3 Å². The maximum absolute atomic E-state index is 12.5. The lowest BCUT2D eigenvalue weighted by molar-refractivity contribution is -0.142. The number of piperidine rings is 1. The number of benzene rings is 2. The molecule has 0 spiro atoms. The number of ether oxygens (including phenoxy) is 1. The number of esters is 1. The molecule has 0 aliphatic carbocycles. The molecular formula is C23H23N3O6. The highest BCUT2D eigenvalue weighted by Crippen LogP contribution is 2.35. The summed E-state index contributed by atoms with van der Waals surface area (Å²) in [5.74, 6) is -2.15. The van der Waals surface area contributed by atoms with E-state index in [0.717, 1.165) is 23.6 Å². The fraction of sp³-hybridized carbons (Fsp3) is 0.348. The molecule has 1 aromatic heterocycles. The first kappa shape index (κ1) is 21.5. The second-order valence-corrected chi connectivity index (χ2v) is 7.70. The molecule has 2 aromatic carbocycles. The number of imide groups is 1. The van der Waals surface area contributed by atoms with Crippen LogP contribution in [0.3, 0.4) is 0 Å². The average molecular weight is 437 g/mol. The second-order valence-electron chi connectivity index (χ2n) is 7.70. The number of hydrogen-bond acceptors (Lipinski definition) is 7. The van der Waals surface area contributed by atoms with Gasteiger partial charge in [-0.2, -0.15) is 0 Å². The zero-order valence-corrected chi connectivity index (χ0v) is 17.6. The van der Waals surface area contributed by atoms with Crippen LogP contribution >= 0.6 is 0 Å². The summed E-state index contributed by atoms with van der Waals surface area (Å²) in [7, 11) is 0. The first-order chi connectivity index (χ1) is 15.5. The van der Waals surface area contributed by atoms with E-state index in [1.165, 1.54) is 0 Å². The number of rotatable bonds is 7. The Morgan fingerprint density at radius 3 is 2.88 bits per heavy atom. The van der Waals surface area contributed by atoms with Gasteiger partial charge in [0.05, 0.1) is 17.9 Å². The first-order valence-corrected chi connectivity index (χ1v) is 10.6. The minimum absolute atomic E-state index is 0.203. The van der Waals surface area contributed by atoms with Gasteiger partial charge in [-0.15, -0.1) is 0 Å². The third-order valence-corrected chi connectivity index (χ3v) is 5.47. The van der Waals surface area contributed by atoms with Crippen LogP contribution in [0.1, 0.15) is 54.6 Å². The van der Waals surface area contributed by atoms with Gasteiger partial charge in [0.15, 0.2) is 5.58 Å². The van der Waals surface area contributed by atoms with Crippen molar-refractivity contribution in [1.29, 1.82) is 0 Å². The van der Waals surface area contributed by atoms with Gasteiger partial charge in [0.25, 0.3) is 5.91 Å². The van der Waals surface area contributed by atoms with Crippen LogP contribution in [0.15, 0.2) is 34.9 Å². The van der Waals surface area contributed by atoms with Crippen molar-refractivity contribution < 1.29 is 28.4 Å². The molecule has 0 bridgehead atoms. The summed E-state index contributed by atoms with van der Waals surface area (Å²) in [6, 6.07) is 8.63. The molecule has 1 aliphatic heterocycles. The minimum atomic E-state index is -0.582.